The molecule has 30 heavy (non-hydrogen) atoms. The molecule has 1 unspecified atom stereocenters. The normalized spacial score (nSPS) is 19.0. The van der Waals surface area contributed by atoms with Gasteiger partial charge in [-0.3, -0.25) is 9.69 Å². The molecule has 6 nitrogen and oxygen atoms in total. The third-order valence-electron chi connectivity index (χ3n) is 5.88. The summed E-state index contributed by atoms with van der Waals surface area (Å²) in [4.78, 5) is 17.3. The van der Waals surface area contributed by atoms with E-state index in [0.29, 0.717) is 19.8 Å². The summed E-state index contributed by atoms with van der Waals surface area (Å²) in [7, 11) is 0. The van der Waals surface area contributed by atoms with Crippen molar-refractivity contribution in [2.45, 2.75) is 38.9 Å². The summed E-state index contributed by atoms with van der Waals surface area (Å²) in [6.07, 6.45) is 1.74. The molecule has 2 fully saturated rings. The van der Waals surface area contributed by atoms with Gasteiger partial charge in [0.25, 0.3) is 0 Å². The van der Waals surface area contributed by atoms with Crippen LogP contribution in [0.15, 0.2) is 24.3 Å². The summed E-state index contributed by atoms with van der Waals surface area (Å²) < 4.78 is 5.34. The van der Waals surface area contributed by atoms with E-state index in [1.807, 2.05) is 0 Å². The van der Waals surface area contributed by atoms with E-state index in [-0.39, 0.29) is 49.0 Å². The number of hydrogen-bond acceptors (Lipinski definition) is 5. The van der Waals surface area contributed by atoms with Crippen molar-refractivity contribution >= 4 is 43.1 Å². The van der Waals surface area contributed by atoms with Crippen LogP contribution >= 0.6 is 37.2 Å². The summed E-state index contributed by atoms with van der Waals surface area (Å²) in [5.74, 6) is 0.175. The molecule has 1 aromatic rings. The third-order valence-corrected chi connectivity index (χ3v) is 5.88. The number of nitrogens with one attached hydrogen (secondary N) is 1. The minimum absolute atomic E-state index is 0. The molecule has 3 N–H and O–H groups in total. The molecule has 1 amide bonds. The number of hydrogen-bond donors (Lipinski definition) is 2. The maximum atomic E-state index is 12.3. The number of piperazine rings is 1. The molecule has 2 heterocycles. The number of nitrogens with two attached hydrogens (primary N) is 1. The quantitative estimate of drug-likeness (QED) is 0.623. The number of amides is 1. The van der Waals surface area contributed by atoms with Crippen LogP contribution in [-0.4, -0.2) is 67.7 Å². The van der Waals surface area contributed by atoms with Gasteiger partial charge in [-0.2, -0.15) is 0 Å². The lowest BCUT2D eigenvalue weighted by atomic mass is 9.92. The first-order valence-corrected chi connectivity index (χ1v) is 10.3. The van der Waals surface area contributed by atoms with E-state index in [4.69, 9.17) is 10.5 Å². The molecule has 1 aromatic carbocycles. The molecule has 9 heteroatoms. The van der Waals surface area contributed by atoms with Crippen molar-refractivity contribution in [2.75, 3.05) is 45.9 Å². The number of ether oxygens (including phenoxy) is 1. The van der Waals surface area contributed by atoms with E-state index in [1.165, 1.54) is 5.56 Å². The largest absolute Gasteiger partial charge is 0.381 e. The highest BCUT2D eigenvalue weighted by Gasteiger charge is 2.26. The molecule has 2 aliphatic rings. The van der Waals surface area contributed by atoms with Gasteiger partial charge in [0, 0.05) is 52.5 Å². The predicted octanol–water partition coefficient (Wildman–Crippen LogP) is 2.46. The van der Waals surface area contributed by atoms with E-state index in [0.717, 1.165) is 57.7 Å². The van der Waals surface area contributed by atoms with Crippen molar-refractivity contribution in [3.05, 3.63) is 35.4 Å². The zero-order valence-electron chi connectivity index (χ0n) is 17.8. The lowest BCUT2D eigenvalue weighted by Crippen LogP contribution is -2.46. The molecule has 3 rings (SSSR count). The van der Waals surface area contributed by atoms with Crippen molar-refractivity contribution in [1.82, 2.24) is 15.1 Å². The maximum absolute atomic E-state index is 12.3. The second kappa shape index (κ2) is 15.2. The standard InChI is InChI=1S/C21H34N4O2.3ClH/c1-2-24-9-11-25(12-10-24)16-18-5-3-17(4-6-18)15-23-21(26)20(22)19-7-13-27-14-8-19;;;/h3-6,19-20H,2,7-16,22H2,1H3,(H,23,26);3*1H. The van der Waals surface area contributed by atoms with Crippen LogP contribution in [0.5, 0.6) is 0 Å². The third kappa shape index (κ3) is 8.87. The van der Waals surface area contributed by atoms with Gasteiger partial charge in [-0.15, -0.1) is 37.2 Å². The fourth-order valence-electron chi connectivity index (χ4n) is 3.88. The Bertz CT molecular complexity index is 592. The van der Waals surface area contributed by atoms with E-state index < -0.39 is 6.04 Å². The molecule has 0 aliphatic carbocycles. The second-order valence-electron chi connectivity index (χ2n) is 7.72. The first-order valence-electron chi connectivity index (χ1n) is 10.3. The smallest absolute Gasteiger partial charge is 0.237 e. The minimum atomic E-state index is -0.435. The Hall–Kier alpha value is -0.600. The van der Waals surface area contributed by atoms with Gasteiger partial charge in [0.15, 0.2) is 0 Å². The Morgan fingerprint density at radius 3 is 2.13 bits per heavy atom. The van der Waals surface area contributed by atoms with Gasteiger partial charge in [0.05, 0.1) is 6.04 Å². The zero-order valence-corrected chi connectivity index (χ0v) is 20.2. The molecular weight excluding hydrogens is 447 g/mol. The molecule has 174 valence electrons. The number of nitrogens with zero attached hydrogens (tertiary/aromatic N) is 2. The maximum Gasteiger partial charge on any atom is 0.237 e. The van der Waals surface area contributed by atoms with Gasteiger partial charge in [-0.1, -0.05) is 31.2 Å². The highest BCUT2D eigenvalue weighted by molar-refractivity contribution is 5.86. The van der Waals surface area contributed by atoms with E-state index in [1.54, 1.807) is 0 Å². The summed E-state index contributed by atoms with van der Waals surface area (Å²) in [5.41, 5.74) is 8.57. The molecule has 0 spiro atoms. The highest BCUT2D eigenvalue weighted by Crippen LogP contribution is 2.18. The highest BCUT2D eigenvalue weighted by atomic mass is 35.5. The first-order chi connectivity index (χ1) is 13.2. The summed E-state index contributed by atoms with van der Waals surface area (Å²) in [6, 6.07) is 8.13. The topological polar surface area (TPSA) is 70.8 Å². The van der Waals surface area contributed by atoms with E-state index >= 15 is 0 Å². The average molecular weight is 484 g/mol. The van der Waals surface area contributed by atoms with Gasteiger partial charge >= 0.3 is 0 Å². The van der Waals surface area contributed by atoms with Crippen LogP contribution in [-0.2, 0) is 22.6 Å². The number of carbonyl (C=O) groups excluding carboxylic acids is 1. The molecular formula is C21H37Cl3N4O2. The Kier molecular flexibility index (Phi) is 14.9. The van der Waals surface area contributed by atoms with Crippen molar-refractivity contribution in [3.8, 4) is 0 Å². The van der Waals surface area contributed by atoms with Crippen molar-refractivity contribution in [1.29, 1.82) is 0 Å². The Morgan fingerprint density at radius 2 is 1.57 bits per heavy atom. The van der Waals surface area contributed by atoms with Crippen LogP contribution in [0.3, 0.4) is 0 Å². The number of carbonyl (C=O) groups is 1. The number of halogens is 3. The lowest BCUT2D eigenvalue weighted by Gasteiger charge is -2.34. The Morgan fingerprint density at radius 1 is 1.03 bits per heavy atom. The lowest BCUT2D eigenvalue weighted by molar-refractivity contribution is -0.124. The van der Waals surface area contributed by atoms with Gasteiger partial charge in [0.1, 0.15) is 0 Å². The van der Waals surface area contributed by atoms with E-state index in [9.17, 15) is 4.79 Å². The monoisotopic (exact) mass is 482 g/mol. The predicted molar refractivity (Wildman–Crippen MR) is 129 cm³/mol. The summed E-state index contributed by atoms with van der Waals surface area (Å²) >= 11 is 0. The summed E-state index contributed by atoms with van der Waals surface area (Å²) in [5, 5.41) is 2.99. The van der Waals surface area contributed by atoms with Crippen LogP contribution < -0.4 is 11.1 Å². The van der Waals surface area contributed by atoms with Gasteiger partial charge in [0.2, 0.25) is 5.91 Å². The molecule has 0 radical (unpaired) electrons. The fourth-order valence-corrected chi connectivity index (χ4v) is 3.88. The fraction of sp³-hybridized carbons (Fsp3) is 0.667. The number of likely N-dealkylation sites (N-methyl/N-ethyl adjacent to an activating group) is 1. The van der Waals surface area contributed by atoms with Crippen LogP contribution in [0.1, 0.15) is 30.9 Å². The van der Waals surface area contributed by atoms with Crippen molar-refractivity contribution in [3.63, 3.8) is 0 Å². The first kappa shape index (κ1) is 29.4. The van der Waals surface area contributed by atoms with Crippen LogP contribution in [0.4, 0.5) is 0 Å². The molecule has 2 aliphatic heterocycles. The van der Waals surface area contributed by atoms with Crippen molar-refractivity contribution < 1.29 is 9.53 Å². The van der Waals surface area contributed by atoms with Crippen LogP contribution in [0, 0.1) is 5.92 Å². The molecule has 0 saturated carbocycles. The SMILES string of the molecule is CCN1CCN(Cc2ccc(CNC(=O)C(N)C3CCOCC3)cc2)CC1.Cl.Cl.Cl. The number of rotatable bonds is 7. The summed E-state index contributed by atoms with van der Waals surface area (Å²) in [6.45, 7) is 10.9. The number of benzene rings is 1. The van der Waals surface area contributed by atoms with Crippen molar-refractivity contribution in [2.24, 2.45) is 11.7 Å². The molecule has 2 saturated heterocycles. The van der Waals surface area contributed by atoms with E-state index in [2.05, 4.69) is 46.3 Å². The molecule has 0 aromatic heterocycles. The second-order valence-corrected chi connectivity index (χ2v) is 7.72. The Balaban J connectivity index is 0.00000280. The minimum Gasteiger partial charge on any atom is -0.381 e. The van der Waals surface area contributed by atoms with Gasteiger partial charge < -0.3 is 20.7 Å². The van der Waals surface area contributed by atoms with Gasteiger partial charge in [-0.25, -0.2) is 0 Å². The molecule has 0 bridgehead atoms. The zero-order chi connectivity index (χ0) is 19.1. The van der Waals surface area contributed by atoms with Crippen LogP contribution in [0.25, 0.3) is 0 Å². The Labute approximate surface area is 199 Å². The van der Waals surface area contributed by atoms with Gasteiger partial charge in [-0.05, 0) is 36.4 Å². The van der Waals surface area contributed by atoms with Crippen LogP contribution in [0.2, 0.25) is 0 Å². The average Bonchev–Trinajstić information content (AvgIpc) is 2.73. The molecule has 1 atom stereocenters.